The van der Waals surface area contributed by atoms with Crippen molar-refractivity contribution in [1.82, 2.24) is 4.57 Å². The van der Waals surface area contributed by atoms with Crippen molar-refractivity contribution < 1.29 is 23.6 Å². The summed E-state index contributed by atoms with van der Waals surface area (Å²) in [6.45, 7) is -0.248. The topological polar surface area (TPSA) is 85.4 Å². The van der Waals surface area contributed by atoms with Gasteiger partial charge >= 0.3 is 5.97 Å². The Morgan fingerprint density at radius 1 is 1.35 bits per heavy atom. The van der Waals surface area contributed by atoms with Crippen LogP contribution in [-0.4, -0.2) is 20.6 Å². The molecule has 104 valence electrons. The summed E-state index contributed by atoms with van der Waals surface area (Å²) in [5, 5.41) is 19.6. The number of aromatic carboxylic acids is 1. The highest BCUT2D eigenvalue weighted by Crippen LogP contribution is 2.19. The summed E-state index contributed by atoms with van der Waals surface area (Å²) in [5.74, 6) is -2.98. The average molecular weight is 282 g/mol. The second-order valence-electron chi connectivity index (χ2n) is 4.01. The minimum Gasteiger partial charge on any atom is -0.477 e. The van der Waals surface area contributed by atoms with Crippen LogP contribution in [0.5, 0.6) is 0 Å². The first kappa shape index (κ1) is 13.7. The minimum atomic E-state index is -1.37. The second-order valence-corrected chi connectivity index (χ2v) is 4.01. The van der Waals surface area contributed by atoms with Crippen molar-refractivity contribution in [3.8, 4) is 0 Å². The molecule has 0 saturated carbocycles. The van der Waals surface area contributed by atoms with E-state index < -0.39 is 28.2 Å². The van der Waals surface area contributed by atoms with E-state index in [-0.39, 0.29) is 17.8 Å². The van der Waals surface area contributed by atoms with Gasteiger partial charge in [0.1, 0.15) is 17.3 Å². The van der Waals surface area contributed by atoms with E-state index in [4.69, 9.17) is 5.11 Å². The van der Waals surface area contributed by atoms with Gasteiger partial charge < -0.3 is 9.67 Å². The second kappa shape index (κ2) is 5.08. The van der Waals surface area contributed by atoms with E-state index in [1.165, 1.54) is 0 Å². The minimum absolute atomic E-state index is 0.0272. The Morgan fingerprint density at radius 3 is 2.60 bits per heavy atom. The first-order chi connectivity index (χ1) is 9.38. The molecule has 0 saturated heterocycles. The van der Waals surface area contributed by atoms with Crippen molar-refractivity contribution in [3.05, 3.63) is 63.5 Å². The fourth-order valence-corrected chi connectivity index (χ4v) is 1.74. The van der Waals surface area contributed by atoms with Gasteiger partial charge in [-0.3, -0.25) is 10.1 Å². The summed E-state index contributed by atoms with van der Waals surface area (Å²) < 4.78 is 27.3. The molecule has 0 atom stereocenters. The van der Waals surface area contributed by atoms with Gasteiger partial charge in [-0.25, -0.2) is 13.6 Å². The number of nitro groups is 1. The summed E-state index contributed by atoms with van der Waals surface area (Å²) in [6, 6.07) is 3.72. The van der Waals surface area contributed by atoms with Crippen LogP contribution >= 0.6 is 0 Å². The highest BCUT2D eigenvalue weighted by molar-refractivity contribution is 5.87. The maximum Gasteiger partial charge on any atom is 0.352 e. The quantitative estimate of drug-likeness (QED) is 0.689. The highest BCUT2D eigenvalue weighted by Gasteiger charge is 2.19. The molecule has 2 rings (SSSR count). The lowest BCUT2D eigenvalue weighted by Crippen LogP contribution is -2.09. The number of carbonyl (C=O) groups is 1. The molecule has 20 heavy (non-hydrogen) atoms. The Labute approximate surface area is 111 Å². The molecule has 1 aromatic carbocycles. The smallest absolute Gasteiger partial charge is 0.352 e. The van der Waals surface area contributed by atoms with Crippen molar-refractivity contribution in [3.63, 3.8) is 0 Å². The molecule has 8 heteroatoms. The van der Waals surface area contributed by atoms with E-state index in [1.807, 2.05) is 0 Å². The Morgan fingerprint density at radius 2 is 2.05 bits per heavy atom. The van der Waals surface area contributed by atoms with E-state index in [0.717, 1.165) is 29.0 Å². The standard InChI is InChI=1S/C12H8F2N2O4/c13-8-2-1-7(10(14)3-8)5-15-6-9(16(19)20)4-11(15)12(17)18/h1-4,6H,5H2,(H,17,18). The fourth-order valence-electron chi connectivity index (χ4n) is 1.74. The highest BCUT2D eigenvalue weighted by atomic mass is 19.1. The van der Waals surface area contributed by atoms with Crippen molar-refractivity contribution >= 4 is 11.7 Å². The lowest BCUT2D eigenvalue weighted by Gasteiger charge is -2.06. The van der Waals surface area contributed by atoms with Crippen molar-refractivity contribution in [2.45, 2.75) is 6.54 Å². The predicted octanol–water partition coefficient (Wildman–Crippen LogP) is 2.42. The Kier molecular flexibility index (Phi) is 3.47. The monoisotopic (exact) mass is 282 g/mol. The molecule has 0 unspecified atom stereocenters. The summed E-state index contributed by atoms with van der Waals surface area (Å²) in [7, 11) is 0. The zero-order valence-corrected chi connectivity index (χ0v) is 9.92. The number of hydrogen-bond acceptors (Lipinski definition) is 3. The van der Waals surface area contributed by atoms with Crippen LogP contribution in [0.25, 0.3) is 0 Å². The van der Waals surface area contributed by atoms with Gasteiger partial charge in [0.15, 0.2) is 0 Å². The van der Waals surface area contributed by atoms with Crippen molar-refractivity contribution in [2.75, 3.05) is 0 Å². The van der Waals surface area contributed by atoms with E-state index in [0.29, 0.717) is 6.07 Å². The Hall–Kier alpha value is -2.77. The number of aromatic nitrogens is 1. The van der Waals surface area contributed by atoms with E-state index in [9.17, 15) is 23.7 Å². The number of hydrogen-bond donors (Lipinski definition) is 1. The molecule has 0 amide bonds. The lowest BCUT2D eigenvalue weighted by atomic mass is 10.2. The van der Waals surface area contributed by atoms with E-state index in [2.05, 4.69) is 0 Å². The largest absolute Gasteiger partial charge is 0.477 e. The van der Waals surface area contributed by atoms with Crippen LogP contribution in [0.2, 0.25) is 0 Å². The zero-order valence-electron chi connectivity index (χ0n) is 9.92. The molecule has 6 nitrogen and oxygen atoms in total. The molecule has 1 aromatic heterocycles. The van der Waals surface area contributed by atoms with Crippen molar-refractivity contribution in [2.24, 2.45) is 0 Å². The summed E-state index contributed by atoms with van der Waals surface area (Å²) in [6.07, 6.45) is 0.992. The number of halogens is 2. The Balaban J connectivity index is 2.42. The van der Waals surface area contributed by atoms with Crippen LogP contribution in [0.1, 0.15) is 16.1 Å². The number of rotatable bonds is 4. The van der Waals surface area contributed by atoms with Crippen LogP contribution in [0.15, 0.2) is 30.5 Å². The van der Waals surface area contributed by atoms with Crippen LogP contribution in [0.3, 0.4) is 0 Å². The molecule has 0 aliphatic carbocycles. The molecule has 2 aromatic rings. The molecule has 0 aliphatic rings. The number of benzene rings is 1. The van der Waals surface area contributed by atoms with Crippen LogP contribution in [0, 0.1) is 21.7 Å². The van der Waals surface area contributed by atoms with Gasteiger partial charge in [-0.15, -0.1) is 0 Å². The number of nitrogens with zero attached hydrogens (tertiary/aromatic N) is 2. The van der Waals surface area contributed by atoms with Crippen LogP contribution < -0.4 is 0 Å². The fraction of sp³-hybridized carbons (Fsp3) is 0.0833. The molecular weight excluding hydrogens is 274 g/mol. The maximum absolute atomic E-state index is 13.5. The number of carboxylic acids is 1. The third kappa shape index (κ3) is 2.63. The van der Waals surface area contributed by atoms with Gasteiger partial charge in [-0.2, -0.15) is 0 Å². The third-order valence-corrected chi connectivity index (χ3v) is 2.67. The van der Waals surface area contributed by atoms with Crippen LogP contribution in [-0.2, 0) is 6.54 Å². The normalized spacial score (nSPS) is 10.5. The predicted molar refractivity (Wildman–Crippen MR) is 63.5 cm³/mol. The van der Waals surface area contributed by atoms with Gasteiger partial charge in [0.25, 0.3) is 5.69 Å². The molecule has 1 N–H and O–H groups in total. The van der Waals surface area contributed by atoms with Gasteiger partial charge in [-0.05, 0) is 6.07 Å². The summed E-state index contributed by atoms with van der Waals surface area (Å²) in [4.78, 5) is 20.9. The van der Waals surface area contributed by atoms with Crippen molar-refractivity contribution in [1.29, 1.82) is 0 Å². The summed E-state index contributed by atoms with van der Waals surface area (Å²) in [5.41, 5.74) is -0.732. The molecular formula is C12H8F2N2O4. The SMILES string of the molecule is O=C(O)c1cc([N+](=O)[O-])cn1Cc1ccc(F)cc1F. The van der Waals surface area contributed by atoms with Gasteiger partial charge in [0.05, 0.1) is 17.7 Å². The van der Waals surface area contributed by atoms with Gasteiger partial charge in [0, 0.05) is 17.7 Å². The Bertz CT molecular complexity index is 697. The molecule has 0 radical (unpaired) electrons. The van der Waals surface area contributed by atoms with E-state index >= 15 is 0 Å². The zero-order chi connectivity index (χ0) is 14.9. The molecule has 0 fully saturated rings. The lowest BCUT2D eigenvalue weighted by molar-refractivity contribution is -0.384. The molecule has 0 aliphatic heterocycles. The third-order valence-electron chi connectivity index (χ3n) is 2.67. The maximum atomic E-state index is 13.5. The average Bonchev–Trinajstić information content (AvgIpc) is 2.77. The number of carboxylic acid groups (broad SMARTS) is 1. The summed E-state index contributed by atoms with van der Waals surface area (Å²) >= 11 is 0. The first-order valence-corrected chi connectivity index (χ1v) is 5.40. The van der Waals surface area contributed by atoms with E-state index in [1.54, 1.807) is 0 Å². The first-order valence-electron chi connectivity index (χ1n) is 5.40. The van der Waals surface area contributed by atoms with Gasteiger partial charge in [0.2, 0.25) is 0 Å². The molecule has 0 bridgehead atoms. The molecule has 1 heterocycles. The van der Waals surface area contributed by atoms with Gasteiger partial charge in [-0.1, -0.05) is 6.07 Å². The van der Waals surface area contributed by atoms with Crippen LogP contribution in [0.4, 0.5) is 14.5 Å². The molecule has 0 spiro atoms.